The van der Waals surface area contributed by atoms with E-state index in [2.05, 4.69) is 36.2 Å². The van der Waals surface area contributed by atoms with E-state index in [1.165, 1.54) is 16.5 Å². The molecule has 0 bridgehead atoms. The Morgan fingerprint density at radius 3 is 2.64 bits per heavy atom. The SMILES string of the molecule is Cc1ccc2ncc(CC3CCN(C(=O)OC(C)(C)C)CC3)cc2c1. The summed E-state index contributed by atoms with van der Waals surface area (Å²) in [6, 6.07) is 8.63. The highest BCUT2D eigenvalue weighted by Gasteiger charge is 2.26. The standard InChI is InChI=1S/C21H28N2O2/c1-15-5-6-19-18(11-15)13-17(14-22-19)12-16-7-9-23(10-8-16)20(24)25-21(2,3)4/h5-6,11,13-14,16H,7-10,12H2,1-4H3. The maximum atomic E-state index is 12.2. The number of rotatable bonds is 2. The summed E-state index contributed by atoms with van der Waals surface area (Å²) in [6.07, 6.45) is 4.88. The molecule has 0 atom stereocenters. The number of carbonyl (C=O) groups is 1. The van der Waals surface area contributed by atoms with Crippen molar-refractivity contribution in [2.75, 3.05) is 13.1 Å². The van der Waals surface area contributed by atoms with Crippen LogP contribution in [-0.4, -0.2) is 34.7 Å². The number of piperidine rings is 1. The monoisotopic (exact) mass is 340 g/mol. The number of amides is 1. The molecule has 1 aromatic heterocycles. The fraction of sp³-hybridized carbons (Fsp3) is 0.524. The van der Waals surface area contributed by atoms with Gasteiger partial charge < -0.3 is 9.64 Å². The van der Waals surface area contributed by atoms with E-state index in [0.29, 0.717) is 5.92 Å². The van der Waals surface area contributed by atoms with Crippen molar-refractivity contribution in [2.45, 2.75) is 52.6 Å². The van der Waals surface area contributed by atoms with Crippen molar-refractivity contribution in [1.29, 1.82) is 0 Å². The van der Waals surface area contributed by atoms with Crippen LogP contribution in [0, 0.1) is 12.8 Å². The van der Waals surface area contributed by atoms with E-state index in [0.717, 1.165) is 37.9 Å². The zero-order valence-corrected chi connectivity index (χ0v) is 15.7. The van der Waals surface area contributed by atoms with Crippen LogP contribution in [0.25, 0.3) is 10.9 Å². The van der Waals surface area contributed by atoms with Crippen molar-refractivity contribution >= 4 is 17.0 Å². The summed E-state index contributed by atoms with van der Waals surface area (Å²) >= 11 is 0. The number of hydrogen-bond donors (Lipinski definition) is 0. The van der Waals surface area contributed by atoms with Gasteiger partial charge >= 0.3 is 6.09 Å². The molecule has 0 saturated carbocycles. The lowest BCUT2D eigenvalue weighted by atomic mass is 9.90. The van der Waals surface area contributed by atoms with Crippen molar-refractivity contribution in [3.63, 3.8) is 0 Å². The van der Waals surface area contributed by atoms with E-state index in [-0.39, 0.29) is 6.09 Å². The number of aromatic nitrogens is 1. The highest BCUT2D eigenvalue weighted by Crippen LogP contribution is 2.24. The number of fused-ring (bicyclic) bond motifs is 1. The molecule has 1 aliphatic heterocycles. The molecule has 3 rings (SSSR count). The van der Waals surface area contributed by atoms with Gasteiger partial charge in [0.05, 0.1) is 5.52 Å². The topological polar surface area (TPSA) is 42.4 Å². The minimum absolute atomic E-state index is 0.186. The Hall–Kier alpha value is -2.10. The number of ether oxygens (including phenoxy) is 1. The highest BCUT2D eigenvalue weighted by atomic mass is 16.6. The third-order valence-corrected chi connectivity index (χ3v) is 4.68. The lowest BCUT2D eigenvalue weighted by molar-refractivity contribution is 0.0184. The Bertz CT molecular complexity index is 756. The third-order valence-electron chi connectivity index (χ3n) is 4.68. The van der Waals surface area contributed by atoms with Crippen LogP contribution in [-0.2, 0) is 11.2 Å². The van der Waals surface area contributed by atoms with Crippen molar-refractivity contribution in [2.24, 2.45) is 5.92 Å². The molecule has 0 unspecified atom stereocenters. The third kappa shape index (κ3) is 4.71. The van der Waals surface area contributed by atoms with Gasteiger partial charge in [0.1, 0.15) is 5.60 Å². The second kappa shape index (κ2) is 7.03. The molecule has 1 amide bonds. The Kier molecular flexibility index (Phi) is 4.98. The number of aryl methyl sites for hydroxylation is 1. The van der Waals surface area contributed by atoms with E-state index in [1.807, 2.05) is 31.9 Å². The largest absolute Gasteiger partial charge is 0.444 e. The molecule has 0 N–H and O–H groups in total. The summed E-state index contributed by atoms with van der Waals surface area (Å²) in [5.41, 5.74) is 3.17. The molecular formula is C21H28N2O2. The molecule has 2 heterocycles. The maximum Gasteiger partial charge on any atom is 0.410 e. The van der Waals surface area contributed by atoms with Gasteiger partial charge in [-0.2, -0.15) is 0 Å². The second-order valence-electron chi connectivity index (χ2n) is 8.15. The number of hydrogen-bond acceptors (Lipinski definition) is 3. The molecule has 4 heteroatoms. The van der Waals surface area contributed by atoms with Gasteiger partial charge in [-0.3, -0.25) is 4.98 Å². The average molecular weight is 340 g/mol. The predicted octanol–water partition coefficient (Wildman–Crippen LogP) is 4.73. The Labute approximate surface area is 150 Å². The molecule has 1 saturated heterocycles. The first kappa shape index (κ1) is 17.7. The quantitative estimate of drug-likeness (QED) is 0.793. The van der Waals surface area contributed by atoms with Gasteiger partial charge in [-0.15, -0.1) is 0 Å². The van der Waals surface area contributed by atoms with E-state index in [9.17, 15) is 4.79 Å². The molecule has 0 aliphatic carbocycles. The van der Waals surface area contributed by atoms with E-state index in [4.69, 9.17) is 4.74 Å². The van der Waals surface area contributed by atoms with Crippen molar-refractivity contribution in [3.05, 3.63) is 41.6 Å². The Morgan fingerprint density at radius 2 is 1.96 bits per heavy atom. The van der Waals surface area contributed by atoms with Crippen LogP contribution in [0.1, 0.15) is 44.7 Å². The lowest BCUT2D eigenvalue weighted by Gasteiger charge is -2.33. The zero-order valence-electron chi connectivity index (χ0n) is 15.7. The van der Waals surface area contributed by atoms with Crippen LogP contribution in [0.3, 0.4) is 0 Å². The molecule has 1 aromatic carbocycles. The molecule has 2 aromatic rings. The van der Waals surface area contributed by atoms with Crippen LogP contribution in [0.2, 0.25) is 0 Å². The van der Waals surface area contributed by atoms with E-state index >= 15 is 0 Å². The van der Waals surface area contributed by atoms with Crippen LogP contribution < -0.4 is 0 Å². The molecule has 1 fully saturated rings. The molecule has 4 nitrogen and oxygen atoms in total. The highest BCUT2D eigenvalue weighted by molar-refractivity contribution is 5.79. The molecule has 25 heavy (non-hydrogen) atoms. The minimum atomic E-state index is -0.428. The fourth-order valence-electron chi connectivity index (χ4n) is 3.39. The van der Waals surface area contributed by atoms with Gasteiger partial charge in [-0.05, 0) is 76.6 Å². The van der Waals surface area contributed by atoms with Crippen LogP contribution in [0.4, 0.5) is 4.79 Å². The summed E-state index contributed by atoms with van der Waals surface area (Å²) in [6.45, 7) is 9.39. The van der Waals surface area contributed by atoms with Gasteiger partial charge in [-0.25, -0.2) is 4.79 Å². The molecule has 0 radical (unpaired) electrons. The number of nitrogens with zero attached hydrogens (tertiary/aromatic N) is 2. The second-order valence-corrected chi connectivity index (χ2v) is 8.15. The van der Waals surface area contributed by atoms with Crippen molar-refractivity contribution in [3.8, 4) is 0 Å². The van der Waals surface area contributed by atoms with E-state index < -0.39 is 5.60 Å². The summed E-state index contributed by atoms with van der Waals surface area (Å²) in [4.78, 5) is 18.6. The minimum Gasteiger partial charge on any atom is -0.444 e. The van der Waals surface area contributed by atoms with Crippen LogP contribution in [0.15, 0.2) is 30.5 Å². The number of likely N-dealkylation sites (tertiary alicyclic amines) is 1. The fourth-order valence-corrected chi connectivity index (χ4v) is 3.39. The number of carbonyl (C=O) groups excluding carboxylic acids is 1. The first-order chi connectivity index (χ1) is 11.8. The molecule has 0 spiro atoms. The normalized spacial score (nSPS) is 16.2. The first-order valence-electron chi connectivity index (χ1n) is 9.13. The van der Waals surface area contributed by atoms with Gasteiger partial charge in [0.2, 0.25) is 0 Å². The predicted molar refractivity (Wildman–Crippen MR) is 101 cm³/mol. The van der Waals surface area contributed by atoms with Crippen LogP contribution >= 0.6 is 0 Å². The Balaban J connectivity index is 1.58. The number of benzene rings is 1. The maximum absolute atomic E-state index is 12.2. The lowest BCUT2D eigenvalue weighted by Crippen LogP contribution is -2.42. The first-order valence-corrected chi connectivity index (χ1v) is 9.13. The summed E-state index contributed by atoms with van der Waals surface area (Å²) in [7, 11) is 0. The smallest absolute Gasteiger partial charge is 0.410 e. The van der Waals surface area contributed by atoms with Gasteiger partial charge in [0, 0.05) is 24.7 Å². The van der Waals surface area contributed by atoms with Crippen molar-refractivity contribution < 1.29 is 9.53 Å². The Morgan fingerprint density at radius 1 is 1.24 bits per heavy atom. The van der Waals surface area contributed by atoms with Gasteiger partial charge in [0.25, 0.3) is 0 Å². The van der Waals surface area contributed by atoms with Crippen molar-refractivity contribution in [1.82, 2.24) is 9.88 Å². The number of pyridine rings is 1. The summed E-state index contributed by atoms with van der Waals surface area (Å²) < 4.78 is 5.47. The summed E-state index contributed by atoms with van der Waals surface area (Å²) in [5, 5.41) is 1.21. The molecule has 1 aliphatic rings. The van der Waals surface area contributed by atoms with Crippen LogP contribution in [0.5, 0.6) is 0 Å². The molecule has 134 valence electrons. The molecular weight excluding hydrogens is 312 g/mol. The zero-order chi connectivity index (χ0) is 18.0. The van der Waals surface area contributed by atoms with Gasteiger partial charge in [-0.1, -0.05) is 11.6 Å². The summed E-state index contributed by atoms with van der Waals surface area (Å²) in [5.74, 6) is 0.600. The van der Waals surface area contributed by atoms with E-state index in [1.54, 1.807) is 0 Å². The average Bonchev–Trinajstić information content (AvgIpc) is 2.53. The van der Waals surface area contributed by atoms with Gasteiger partial charge in [0.15, 0.2) is 0 Å².